The van der Waals surface area contributed by atoms with Crippen LogP contribution in [0.25, 0.3) is 11.4 Å². The van der Waals surface area contributed by atoms with E-state index in [4.69, 9.17) is 35.4 Å². The maximum atomic E-state index is 6.23. The zero-order valence-electron chi connectivity index (χ0n) is 10.3. The summed E-state index contributed by atoms with van der Waals surface area (Å²) in [5.74, 6) is 0.694. The highest BCUT2D eigenvalue weighted by atomic mass is 35.5. The van der Waals surface area contributed by atoms with E-state index in [9.17, 15) is 0 Å². The van der Waals surface area contributed by atoms with Gasteiger partial charge in [-0.25, -0.2) is 0 Å². The monoisotopic (exact) mass is 301 g/mol. The van der Waals surface area contributed by atoms with Gasteiger partial charge in [0.05, 0.1) is 10.0 Å². The molecule has 1 aromatic carbocycles. The van der Waals surface area contributed by atoms with E-state index in [1.165, 1.54) is 0 Å². The maximum absolute atomic E-state index is 6.23. The second kappa shape index (κ2) is 4.68. The molecule has 1 N–H and O–H groups in total. The van der Waals surface area contributed by atoms with Gasteiger partial charge in [-0.3, -0.25) is 9.67 Å². The number of aromatic nitrogens is 3. The molecule has 0 aliphatic rings. The molecule has 0 radical (unpaired) electrons. The van der Waals surface area contributed by atoms with Crippen LogP contribution in [0, 0.1) is 4.77 Å². The second-order valence-corrected chi connectivity index (χ2v) is 6.13. The lowest BCUT2D eigenvalue weighted by atomic mass is 10.1. The number of benzene rings is 1. The first-order valence-electron chi connectivity index (χ1n) is 5.44. The number of hydrogen-bond acceptors (Lipinski definition) is 2. The Morgan fingerprint density at radius 3 is 2.56 bits per heavy atom. The molecule has 96 valence electrons. The Kier molecular flexibility index (Phi) is 3.54. The molecule has 1 aromatic heterocycles. The van der Waals surface area contributed by atoms with Crippen LogP contribution >= 0.6 is 35.4 Å². The quantitative estimate of drug-likeness (QED) is 0.777. The van der Waals surface area contributed by atoms with E-state index >= 15 is 0 Å². The van der Waals surface area contributed by atoms with E-state index in [1.54, 1.807) is 6.07 Å². The molecule has 1 heterocycles. The molecule has 2 aromatic rings. The summed E-state index contributed by atoms with van der Waals surface area (Å²) >= 11 is 17.5. The summed E-state index contributed by atoms with van der Waals surface area (Å²) < 4.78 is 2.49. The van der Waals surface area contributed by atoms with Gasteiger partial charge in [-0.1, -0.05) is 29.3 Å². The smallest absolute Gasteiger partial charge is 0.195 e. The van der Waals surface area contributed by atoms with Crippen LogP contribution in [0.15, 0.2) is 18.2 Å². The van der Waals surface area contributed by atoms with Gasteiger partial charge in [-0.15, -0.1) is 0 Å². The van der Waals surface area contributed by atoms with Crippen LogP contribution in [0.5, 0.6) is 0 Å². The van der Waals surface area contributed by atoms with Crippen LogP contribution < -0.4 is 0 Å². The van der Waals surface area contributed by atoms with Gasteiger partial charge in [0.25, 0.3) is 0 Å². The molecule has 0 aliphatic heterocycles. The summed E-state index contributed by atoms with van der Waals surface area (Å²) in [6, 6.07) is 5.46. The maximum Gasteiger partial charge on any atom is 0.195 e. The second-order valence-electron chi connectivity index (χ2n) is 4.96. The number of halogens is 2. The molecular formula is C12H13Cl2N3S. The fourth-order valence-corrected chi connectivity index (χ4v) is 2.57. The minimum atomic E-state index is -0.189. The largest absolute Gasteiger partial charge is 0.295 e. The summed E-state index contributed by atoms with van der Waals surface area (Å²) in [7, 11) is 0. The van der Waals surface area contributed by atoms with Gasteiger partial charge >= 0.3 is 0 Å². The predicted molar refractivity (Wildman–Crippen MR) is 77.9 cm³/mol. The van der Waals surface area contributed by atoms with Gasteiger partial charge in [-0.2, -0.15) is 5.10 Å². The molecule has 0 saturated carbocycles. The molecule has 3 nitrogen and oxygen atoms in total. The van der Waals surface area contributed by atoms with Gasteiger partial charge < -0.3 is 0 Å². The minimum absolute atomic E-state index is 0.189. The Morgan fingerprint density at radius 2 is 1.94 bits per heavy atom. The van der Waals surface area contributed by atoms with Crippen molar-refractivity contribution in [3.8, 4) is 11.4 Å². The highest BCUT2D eigenvalue weighted by Crippen LogP contribution is 2.34. The van der Waals surface area contributed by atoms with E-state index in [2.05, 4.69) is 31.0 Å². The summed E-state index contributed by atoms with van der Waals surface area (Å²) in [4.78, 5) is 0. The van der Waals surface area contributed by atoms with Crippen molar-refractivity contribution >= 4 is 35.4 Å². The van der Waals surface area contributed by atoms with Gasteiger partial charge in [0.1, 0.15) is 0 Å². The fourth-order valence-electron chi connectivity index (χ4n) is 1.78. The van der Waals surface area contributed by atoms with Crippen LogP contribution in [-0.2, 0) is 5.54 Å². The van der Waals surface area contributed by atoms with Gasteiger partial charge in [0, 0.05) is 11.1 Å². The first-order chi connectivity index (χ1) is 8.32. The van der Waals surface area contributed by atoms with Crippen LogP contribution in [0.1, 0.15) is 20.8 Å². The first-order valence-corrected chi connectivity index (χ1v) is 6.61. The normalized spacial score (nSPS) is 11.8. The average molecular weight is 302 g/mol. The molecule has 0 aliphatic carbocycles. The lowest BCUT2D eigenvalue weighted by molar-refractivity contribution is 0.395. The summed E-state index contributed by atoms with van der Waals surface area (Å²) in [5, 5.41) is 8.05. The molecule has 6 heteroatoms. The SMILES string of the molecule is CC(C)(C)n1c(-c2cccc(Cl)c2Cl)n[nH]c1=S. The van der Waals surface area contributed by atoms with Crippen LogP contribution in [-0.4, -0.2) is 14.8 Å². The number of H-pyrrole nitrogens is 1. The lowest BCUT2D eigenvalue weighted by Gasteiger charge is -2.22. The Morgan fingerprint density at radius 1 is 1.28 bits per heavy atom. The molecule has 0 saturated heterocycles. The molecule has 0 atom stereocenters. The van der Waals surface area contributed by atoms with Crippen LogP contribution in [0.2, 0.25) is 10.0 Å². The molecule has 0 spiro atoms. The average Bonchev–Trinajstić information content (AvgIpc) is 2.64. The van der Waals surface area contributed by atoms with Crippen molar-refractivity contribution in [1.29, 1.82) is 0 Å². The van der Waals surface area contributed by atoms with Crippen molar-refractivity contribution in [3.05, 3.63) is 33.0 Å². The van der Waals surface area contributed by atoms with E-state index < -0.39 is 0 Å². The molecule has 18 heavy (non-hydrogen) atoms. The van der Waals surface area contributed by atoms with Crippen molar-refractivity contribution in [2.75, 3.05) is 0 Å². The lowest BCUT2D eigenvalue weighted by Crippen LogP contribution is -2.23. The van der Waals surface area contributed by atoms with E-state index in [0.717, 1.165) is 5.56 Å². The number of rotatable bonds is 1. The molecule has 0 fully saturated rings. The highest BCUT2D eigenvalue weighted by molar-refractivity contribution is 7.71. The van der Waals surface area contributed by atoms with Gasteiger partial charge in [-0.05, 0) is 45.1 Å². The highest BCUT2D eigenvalue weighted by Gasteiger charge is 2.22. The minimum Gasteiger partial charge on any atom is -0.295 e. The molecular weight excluding hydrogens is 289 g/mol. The standard InChI is InChI=1S/C12H13Cl2N3S/c1-12(2,3)17-10(15-16-11(17)18)7-5-4-6-8(13)9(7)14/h4-6H,1-3H3,(H,16,18). The summed E-state index contributed by atoms with van der Waals surface area (Å²) in [5.41, 5.74) is 0.580. The van der Waals surface area contributed by atoms with E-state index in [0.29, 0.717) is 20.6 Å². The fraction of sp³-hybridized carbons (Fsp3) is 0.333. The van der Waals surface area contributed by atoms with E-state index in [1.807, 2.05) is 16.7 Å². The third-order valence-electron chi connectivity index (χ3n) is 2.54. The molecule has 0 bridgehead atoms. The van der Waals surface area contributed by atoms with Gasteiger partial charge in [0.2, 0.25) is 0 Å². The predicted octanol–water partition coefficient (Wildman–Crippen LogP) is 4.67. The number of nitrogens with zero attached hydrogens (tertiary/aromatic N) is 2. The summed E-state index contributed by atoms with van der Waals surface area (Å²) in [6.07, 6.45) is 0. The summed E-state index contributed by atoms with van der Waals surface area (Å²) in [6.45, 7) is 6.17. The first kappa shape index (κ1) is 13.6. The van der Waals surface area contributed by atoms with Gasteiger partial charge in [0.15, 0.2) is 10.6 Å². The van der Waals surface area contributed by atoms with Crippen molar-refractivity contribution in [2.45, 2.75) is 26.3 Å². The zero-order chi connectivity index (χ0) is 13.5. The number of hydrogen-bond donors (Lipinski definition) is 1. The third-order valence-corrected chi connectivity index (χ3v) is 3.63. The zero-order valence-corrected chi connectivity index (χ0v) is 12.6. The Hall–Kier alpha value is -0.840. The Bertz CT molecular complexity index is 638. The number of aromatic amines is 1. The van der Waals surface area contributed by atoms with Crippen molar-refractivity contribution in [1.82, 2.24) is 14.8 Å². The Balaban J connectivity index is 2.74. The Labute approximate surface area is 121 Å². The molecule has 2 rings (SSSR count). The van der Waals surface area contributed by atoms with Crippen LogP contribution in [0.4, 0.5) is 0 Å². The molecule has 0 amide bonds. The topological polar surface area (TPSA) is 33.6 Å². The number of nitrogens with one attached hydrogen (secondary N) is 1. The van der Waals surface area contributed by atoms with Crippen molar-refractivity contribution < 1.29 is 0 Å². The van der Waals surface area contributed by atoms with Crippen molar-refractivity contribution in [3.63, 3.8) is 0 Å². The van der Waals surface area contributed by atoms with Crippen LogP contribution in [0.3, 0.4) is 0 Å². The van der Waals surface area contributed by atoms with E-state index in [-0.39, 0.29) is 5.54 Å². The third kappa shape index (κ3) is 2.32. The van der Waals surface area contributed by atoms with Crippen molar-refractivity contribution in [2.24, 2.45) is 0 Å². The molecule has 0 unspecified atom stereocenters.